The summed E-state index contributed by atoms with van der Waals surface area (Å²) in [6.07, 6.45) is 3.15. The number of rotatable bonds is 7. The molecule has 5 heteroatoms. The number of benzene rings is 2. The Morgan fingerprint density at radius 2 is 1.79 bits per heavy atom. The van der Waals surface area contributed by atoms with E-state index in [1.54, 1.807) is 11.2 Å². The summed E-state index contributed by atoms with van der Waals surface area (Å²) in [7, 11) is 0. The van der Waals surface area contributed by atoms with Gasteiger partial charge < -0.3 is 14.6 Å². The van der Waals surface area contributed by atoms with Gasteiger partial charge in [0.15, 0.2) is 0 Å². The van der Waals surface area contributed by atoms with Crippen LogP contribution in [0, 0.1) is 5.92 Å². The van der Waals surface area contributed by atoms with Gasteiger partial charge in [-0.1, -0.05) is 48.5 Å². The van der Waals surface area contributed by atoms with Gasteiger partial charge >= 0.3 is 0 Å². The second kappa shape index (κ2) is 8.78. The predicted molar refractivity (Wildman–Crippen MR) is 111 cm³/mol. The largest absolute Gasteiger partial charge is 0.467 e. The maximum Gasteiger partial charge on any atom is 0.227 e. The van der Waals surface area contributed by atoms with Crippen molar-refractivity contribution in [3.63, 3.8) is 0 Å². The Morgan fingerprint density at radius 1 is 1.00 bits per heavy atom. The fourth-order valence-corrected chi connectivity index (χ4v) is 3.73. The molecule has 29 heavy (non-hydrogen) atoms. The Labute approximate surface area is 170 Å². The summed E-state index contributed by atoms with van der Waals surface area (Å²) in [5, 5.41) is 2.96. The van der Waals surface area contributed by atoms with E-state index < -0.39 is 0 Å². The monoisotopic (exact) mass is 388 g/mol. The summed E-state index contributed by atoms with van der Waals surface area (Å²) in [5.74, 6) is 0.587. The van der Waals surface area contributed by atoms with Gasteiger partial charge in [-0.25, -0.2) is 0 Å². The lowest BCUT2D eigenvalue weighted by Gasteiger charge is -2.26. The van der Waals surface area contributed by atoms with Gasteiger partial charge in [0, 0.05) is 24.6 Å². The van der Waals surface area contributed by atoms with Gasteiger partial charge in [0.25, 0.3) is 0 Å². The first-order chi connectivity index (χ1) is 14.2. The van der Waals surface area contributed by atoms with E-state index in [0.717, 1.165) is 22.6 Å². The van der Waals surface area contributed by atoms with E-state index in [-0.39, 0.29) is 17.7 Å². The smallest absolute Gasteiger partial charge is 0.227 e. The SMILES string of the molecule is O=C1Nc2ccccc2CC1CCC(=O)N(Cc1ccccc1)Cc1ccco1. The average Bonchev–Trinajstić information content (AvgIpc) is 3.25. The van der Waals surface area contributed by atoms with Gasteiger partial charge in [-0.05, 0) is 42.2 Å². The molecule has 1 N–H and O–H groups in total. The van der Waals surface area contributed by atoms with Gasteiger partial charge in [0.05, 0.1) is 12.8 Å². The van der Waals surface area contributed by atoms with Crippen LogP contribution in [-0.2, 0) is 29.1 Å². The summed E-state index contributed by atoms with van der Waals surface area (Å²) < 4.78 is 5.44. The van der Waals surface area contributed by atoms with Crippen LogP contribution >= 0.6 is 0 Å². The molecule has 1 unspecified atom stereocenters. The Hall–Kier alpha value is -3.34. The number of fused-ring (bicyclic) bond motifs is 1. The van der Waals surface area contributed by atoms with Crippen LogP contribution in [0.15, 0.2) is 77.4 Å². The molecule has 0 saturated carbocycles. The Kier molecular flexibility index (Phi) is 5.75. The molecule has 1 aliphatic heterocycles. The molecule has 2 aromatic carbocycles. The summed E-state index contributed by atoms with van der Waals surface area (Å²) >= 11 is 0. The lowest BCUT2D eigenvalue weighted by molar-refractivity contribution is -0.133. The number of para-hydroxylation sites is 1. The van der Waals surface area contributed by atoms with Crippen LogP contribution < -0.4 is 5.32 Å². The fourth-order valence-electron chi connectivity index (χ4n) is 3.73. The zero-order valence-electron chi connectivity index (χ0n) is 16.2. The molecular formula is C24H24N2O3. The molecule has 0 saturated heterocycles. The van der Waals surface area contributed by atoms with Crippen molar-refractivity contribution in [3.8, 4) is 0 Å². The highest BCUT2D eigenvalue weighted by Crippen LogP contribution is 2.28. The molecule has 3 aromatic rings. The molecule has 4 rings (SSSR count). The first-order valence-corrected chi connectivity index (χ1v) is 9.92. The Balaban J connectivity index is 1.41. The maximum absolute atomic E-state index is 13.0. The number of furan rings is 1. The van der Waals surface area contributed by atoms with Crippen LogP contribution in [-0.4, -0.2) is 16.7 Å². The topological polar surface area (TPSA) is 62.6 Å². The van der Waals surface area contributed by atoms with E-state index in [1.807, 2.05) is 66.7 Å². The van der Waals surface area contributed by atoms with E-state index in [4.69, 9.17) is 4.42 Å². The highest BCUT2D eigenvalue weighted by molar-refractivity contribution is 5.96. The molecule has 1 atom stereocenters. The Bertz CT molecular complexity index is 967. The van der Waals surface area contributed by atoms with Crippen LogP contribution in [0.2, 0.25) is 0 Å². The van der Waals surface area contributed by atoms with E-state index >= 15 is 0 Å². The van der Waals surface area contributed by atoms with Crippen LogP contribution in [0.1, 0.15) is 29.7 Å². The van der Waals surface area contributed by atoms with Crippen molar-refractivity contribution in [1.82, 2.24) is 4.90 Å². The van der Waals surface area contributed by atoms with Crippen LogP contribution in [0.4, 0.5) is 5.69 Å². The summed E-state index contributed by atoms with van der Waals surface area (Å²) in [6, 6.07) is 21.4. The van der Waals surface area contributed by atoms with Gasteiger partial charge in [0.1, 0.15) is 5.76 Å². The normalized spacial score (nSPS) is 15.4. The van der Waals surface area contributed by atoms with Crippen molar-refractivity contribution in [2.24, 2.45) is 5.92 Å². The van der Waals surface area contributed by atoms with Crippen molar-refractivity contribution in [2.45, 2.75) is 32.4 Å². The molecule has 0 bridgehead atoms. The molecule has 1 aliphatic rings. The van der Waals surface area contributed by atoms with Crippen molar-refractivity contribution >= 4 is 17.5 Å². The van der Waals surface area contributed by atoms with Gasteiger partial charge in [-0.15, -0.1) is 0 Å². The fraction of sp³-hybridized carbons (Fsp3) is 0.250. The molecule has 0 aliphatic carbocycles. The lowest BCUT2D eigenvalue weighted by atomic mass is 9.89. The number of amides is 2. The second-order valence-corrected chi connectivity index (χ2v) is 7.40. The van der Waals surface area contributed by atoms with E-state index in [0.29, 0.717) is 32.4 Å². The minimum atomic E-state index is -0.184. The number of carbonyl (C=O) groups is 2. The van der Waals surface area contributed by atoms with Crippen molar-refractivity contribution in [2.75, 3.05) is 5.32 Å². The summed E-state index contributed by atoms with van der Waals surface area (Å²) in [5.41, 5.74) is 3.07. The van der Waals surface area contributed by atoms with Gasteiger partial charge in [0.2, 0.25) is 11.8 Å². The molecule has 5 nitrogen and oxygen atoms in total. The predicted octanol–water partition coefficient (Wildman–Crippen LogP) is 4.40. The number of nitrogens with zero attached hydrogens (tertiary/aromatic N) is 1. The summed E-state index contributed by atoms with van der Waals surface area (Å²) in [4.78, 5) is 27.3. The first kappa shape index (κ1) is 19.0. The quantitative estimate of drug-likeness (QED) is 0.653. The number of nitrogens with one attached hydrogen (secondary N) is 1. The maximum atomic E-state index is 13.0. The van der Waals surface area contributed by atoms with Gasteiger partial charge in [-0.3, -0.25) is 9.59 Å². The van der Waals surface area contributed by atoms with Gasteiger partial charge in [-0.2, -0.15) is 0 Å². The Morgan fingerprint density at radius 3 is 2.59 bits per heavy atom. The second-order valence-electron chi connectivity index (χ2n) is 7.40. The number of hydrogen-bond acceptors (Lipinski definition) is 3. The first-order valence-electron chi connectivity index (χ1n) is 9.92. The molecule has 0 fully saturated rings. The zero-order chi connectivity index (χ0) is 20.1. The van der Waals surface area contributed by atoms with Crippen molar-refractivity contribution in [1.29, 1.82) is 0 Å². The minimum Gasteiger partial charge on any atom is -0.467 e. The van der Waals surface area contributed by atoms with Crippen molar-refractivity contribution < 1.29 is 14.0 Å². The molecule has 0 spiro atoms. The lowest BCUT2D eigenvalue weighted by Crippen LogP contribution is -2.33. The highest BCUT2D eigenvalue weighted by atomic mass is 16.3. The third kappa shape index (κ3) is 4.74. The zero-order valence-corrected chi connectivity index (χ0v) is 16.2. The minimum absolute atomic E-state index is 0.00264. The number of anilines is 1. The molecule has 2 amide bonds. The average molecular weight is 388 g/mol. The summed E-state index contributed by atoms with van der Waals surface area (Å²) in [6.45, 7) is 0.931. The molecule has 148 valence electrons. The molecule has 1 aromatic heterocycles. The molecule has 0 radical (unpaired) electrons. The highest BCUT2D eigenvalue weighted by Gasteiger charge is 2.27. The molecular weight excluding hydrogens is 364 g/mol. The van der Waals surface area contributed by atoms with Crippen LogP contribution in [0.25, 0.3) is 0 Å². The van der Waals surface area contributed by atoms with Crippen molar-refractivity contribution in [3.05, 3.63) is 89.9 Å². The third-order valence-electron chi connectivity index (χ3n) is 5.31. The third-order valence-corrected chi connectivity index (χ3v) is 5.31. The molecule has 2 heterocycles. The van der Waals surface area contributed by atoms with E-state index in [1.165, 1.54) is 0 Å². The number of carbonyl (C=O) groups excluding carboxylic acids is 2. The van der Waals surface area contributed by atoms with E-state index in [9.17, 15) is 9.59 Å². The van der Waals surface area contributed by atoms with Crippen LogP contribution in [0.5, 0.6) is 0 Å². The van der Waals surface area contributed by atoms with E-state index in [2.05, 4.69) is 5.32 Å². The number of hydrogen-bond donors (Lipinski definition) is 1. The standard InChI is InChI=1S/C24H24N2O3/c27-23(13-12-20-15-19-9-4-5-11-22(19)25-24(20)28)26(17-21-10-6-14-29-21)16-18-7-2-1-3-8-18/h1-11,14,20H,12-13,15-17H2,(H,25,28). The van der Waals surface area contributed by atoms with Crippen LogP contribution in [0.3, 0.4) is 0 Å².